The van der Waals surface area contributed by atoms with Gasteiger partial charge in [0, 0.05) is 25.3 Å². The van der Waals surface area contributed by atoms with Crippen molar-refractivity contribution in [1.29, 1.82) is 0 Å². The fourth-order valence-corrected chi connectivity index (χ4v) is 2.19. The van der Waals surface area contributed by atoms with Crippen LogP contribution in [0.1, 0.15) is 25.5 Å². The second-order valence-electron chi connectivity index (χ2n) is 4.89. The van der Waals surface area contributed by atoms with Crippen LogP contribution in [-0.2, 0) is 4.74 Å². The molecule has 5 heteroatoms. The van der Waals surface area contributed by atoms with Crippen molar-refractivity contribution in [3.8, 4) is 0 Å². The lowest BCUT2D eigenvalue weighted by Gasteiger charge is -2.36. The van der Waals surface area contributed by atoms with E-state index in [2.05, 4.69) is 9.88 Å². The van der Waals surface area contributed by atoms with Crippen molar-refractivity contribution < 1.29 is 9.84 Å². The van der Waals surface area contributed by atoms with Gasteiger partial charge in [0.2, 0.25) is 0 Å². The molecular weight excluding hydrogens is 230 g/mol. The van der Waals surface area contributed by atoms with Gasteiger partial charge in [-0.15, -0.1) is 0 Å². The number of rotatable bonds is 3. The number of aliphatic hydroxyl groups is 1. The van der Waals surface area contributed by atoms with Crippen molar-refractivity contribution in [3.63, 3.8) is 0 Å². The maximum atomic E-state index is 9.20. The molecule has 1 aliphatic heterocycles. The Hall–Kier alpha value is -1.17. The van der Waals surface area contributed by atoms with E-state index >= 15 is 0 Å². The normalized spacial score (nSPS) is 26.1. The number of aromatic nitrogens is 1. The summed E-state index contributed by atoms with van der Waals surface area (Å²) in [7, 11) is 0. The fraction of sp³-hybridized carbons (Fsp3) is 0.615. The number of nitrogens with two attached hydrogens (primary N) is 1. The second-order valence-corrected chi connectivity index (χ2v) is 4.89. The maximum Gasteiger partial charge on any atom is 0.128 e. The first kappa shape index (κ1) is 13.3. The first-order chi connectivity index (χ1) is 8.60. The topological polar surface area (TPSA) is 71.6 Å². The Morgan fingerprint density at radius 3 is 2.89 bits per heavy atom. The Morgan fingerprint density at radius 1 is 1.56 bits per heavy atom. The van der Waals surface area contributed by atoms with Gasteiger partial charge in [-0.3, -0.25) is 0 Å². The molecule has 100 valence electrons. The highest BCUT2D eigenvalue weighted by Gasteiger charge is 2.25. The van der Waals surface area contributed by atoms with Gasteiger partial charge in [-0.1, -0.05) is 6.07 Å². The summed E-state index contributed by atoms with van der Waals surface area (Å²) in [6, 6.07) is 3.98. The van der Waals surface area contributed by atoms with Gasteiger partial charge in [-0.25, -0.2) is 4.98 Å². The summed E-state index contributed by atoms with van der Waals surface area (Å²) in [6.07, 6.45) is 1.78. The van der Waals surface area contributed by atoms with E-state index in [0.717, 1.165) is 17.9 Å². The molecule has 0 bridgehead atoms. The van der Waals surface area contributed by atoms with Gasteiger partial charge in [0.1, 0.15) is 5.82 Å². The summed E-state index contributed by atoms with van der Waals surface area (Å²) >= 11 is 0. The second kappa shape index (κ2) is 5.65. The molecular formula is C13H21N3O2. The first-order valence-corrected chi connectivity index (χ1v) is 6.33. The van der Waals surface area contributed by atoms with Crippen molar-refractivity contribution in [2.24, 2.45) is 5.73 Å². The summed E-state index contributed by atoms with van der Waals surface area (Å²) in [5.41, 5.74) is 6.83. The minimum absolute atomic E-state index is 0.000327. The van der Waals surface area contributed by atoms with Gasteiger partial charge >= 0.3 is 0 Å². The minimum Gasteiger partial charge on any atom is -0.394 e. The molecule has 1 aliphatic rings. The Labute approximate surface area is 108 Å². The molecule has 0 amide bonds. The molecule has 1 saturated heterocycles. The van der Waals surface area contributed by atoms with Crippen LogP contribution in [0.2, 0.25) is 0 Å². The molecule has 2 heterocycles. The van der Waals surface area contributed by atoms with Gasteiger partial charge < -0.3 is 20.5 Å². The van der Waals surface area contributed by atoms with Gasteiger partial charge in [-0.05, 0) is 25.5 Å². The summed E-state index contributed by atoms with van der Waals surface area (Å²) in [4.78, 5) is 6.57. The predicted octanol–water partition coefficient (Wildman–Crippen LogP) is 0.687. The number of aliphatic hydroxyl groups excluding tert-OH is 1. The number of pyridine rings is 1. The van der Waals surface area contributed by atoms with E-state index in [4.69, 9.17) is 10.5 Å². The van der Waals surface area contributed by atoms with Gasteiger partial charge in [0.05, 0.1) is 18.8 Å². The van der Waals surface area contributed by atoms with E-state index in [1.54, 1.807) is 0 Å². The van der Waals surface area contributed by atoms with Crippen LogP contribution in [0.15, 0.2) is 18.3 Å². The molecule has 3 atom stereocenters. The van der Waals surface area contributed by atoms with Crippen LogP contribution < -0.4 is 10.6 Å². The molecule has 1 aromatic heterocycles. The van der Waals surface area contributed by atoms with Crippen LogP contribution >= 0.6 is 0 Å². The molecule has 0 radical (unpaired) electrons. The Kier molecular flexibility index (Phi) is 4.16. The van der Waals surface area contributed by atoms with Crippen LogP contribution in [0.25, 0.3) is 0 Å². The van der Waals surface area contributed by atoms with Crippen LogP contribution in [0.4, 0.5) is 5.82 Å². The first-order valence-electron chi connectivity index (χ1n) is 6.33. The lowest BCUT2D eigenvalue weighted by molar-refractivity contribution is -0.0423. The summed E-state index contributed by atoms with van der Waals surface area (Å²) in [5, 5.41) is 9.20. The van der Waals surface area contributed by atoms with Crippen LogP contribution in [-0.4, -0.2) is 42.0 Å². The largest absolute Gasteiger partial charge is 0.394 e. The number of nitrogens with zero attached hydrogens (tertiary/aromatic N) is 2. The third kappa shape index (κ3) is 2.98. The lowest BCUT2D eigenvalue weighted by atomic mass is 10.1. The quantitative estimate of drug-likeness (QED) is 0.827. The highest BCUT2D eigenvalue weighted by atomic mass is 16.5. The van der Waals surface area contributed by atoms with Crippen LogP contribution in [0.3, 0.4) is 0 Å². The number of anilines is 1. The lowest BCUT2D eigenvalue weighted by Crippen LogP contribution is -2.48. The number of morpholine rings is 1. The van der Waals surface area contributed by atoms with Gasteiger partial charge in [0.15, 0.2) is 0 Å². The monoisotopic (exact) mass is 251 g/mol. The third-order valence-electron chi connectivity index (χ3n) is 3.15. The summed E-state index contributed by atoms with van der Waals surface area (Å²) < 4.78 is 5.61. The molecule has 1 aromatic rings. The Balaban J connectivity index is 2.10. The minimum atomic E-state index is -0.136. The van der Waals surface area contributed by atoms with Gasteiger partial charge in [-0.2, -0.15) is 0 Å². The summed E-state index contributed by atoms with van der Waals surface area (Å²) in [6.45, 7) is 5.45. The molecule has 18 heavy (non-hydrogen) atoms. The van der Waals surface area contributed by atoms with Crippen molar-refractivity contribution >= 4 is 5.82 Å². The highest BCUT2D eigenvalue weighted by Crippen LogP contribution is 2.19. The Bertz CT molecular complexity index is 380. The van der Waals surface area contributed by atoms with E-state index in [-0.39, 0.29) is 24.9 Å². The zero-order chi connectivity index (χ0) is 13.1. The zero-order valence-corrected chi connectivity index (χ0v) is 10.9. The van der Waals surface area contributed by atoms with Gasteiger partial charge in [0.25, 0.3) is 0 Å². The average molecular weight is 251 g/mol. The average Bonchev–Trinajstić information content (AvgIpc) is 2.38. The SMILES string of the molecule is CC1CN(c2ccc([C@H](C)N)cn2)CC(CO)O1. The van der Waals surface area contributed by atoms with Crippen molar-refractivity contribution in [2.45, 2.75) is 32.1 Å². The number of hydrogen-bond donors (Lipinski definition) is 2. The molecule has 1 fully saturated rings. The standard InChI is InChI=1S/C13H21N3O2/c1-9-6-16(7-12(8-17)18-9)13-4-3-11(5-15-13)10(2)14/h3-5,9-10,12,17H,6-8,14H2,1-2H3/t9?,10-,12?/m0/s1. The van der Waals surface area contributed by atoms with Crippen molar-refractivity contribution in [2.75, 3.05) is 24.6 Å². The van der Waals surface area contributed by atoms with E-state index in [1.165, 1.54) is 0 Å². The smallest absolute Gasteiger partial charge is 0.128 e. The molecule has 0 aliphatic carbocycles. The number of hydrogen-bond acceptors (Lipinski definition) is 5. The van der Waals surface area contributed by atoms with Crippen LogP contribution in [0.5, 0.6) is 0 Å². The molecule has 0 aromatic carbocycles. The van der Waals surface area contributed by atoms with Crippen molar-refractivity contribution in [3.05, 3.63) is 23.9 Å². The van der Waals surface area contributed by atoms with E-state index in [1.807, 2.05) is 32.2 Å². The zero-order valence-electron chi connectivity index (χ0n) is 10.9. The summed E-state index contributed by atoms with van der Waals surface area (Å²) in [5.74, 6) is 0.910. The van der Waals surface area contributed by atoms with Crippen LogP contribution in [0, 0.1) is 0 Å². The predicted molar refractivity (Wildman–Crippen MR) is 70.5 cm³/mol. The fourth-order valence-electron chi connectivity index (χ4n) is 2.19. The molecule has 2 rings (SSSR count). The van der Waals surface area contributed by atoms with E-state index in [9.17, 15) is 5.11 Å². The van der Waals surface area contributed by atoms with E-state index < -0.39 is 0 Å². The maximum absolute atomic E-state index is 9.20. The number of ether oxygens (including phenoxy) is 1. The van der Waals surface area contributed by atoms with E-state index in [0.29, 0.717) is 6.54 Å². The molecule has 0 saturated carbocycles. The Morgan fingerprint density at radius 2 is 2.33 bits per heavy atom. The molecule has 2 unspecified atom stereocenters. The molecule has 3 N–H and O–H groups in total. The van der Waals surface area contributed by atoms with Crippen molar-refractivity contribution in [1.82, 2.24) is 4.98 Å². The molecule has 0 spiro atoms. The third-order valence-corrected chi connectivity index (χ3v) is 3.15. The molecule has 5 nitrogen and oxygen atoms in total. The highest BCUT2D eigenvalue weighted by molar-refractivity contribution is 5.40.